The van der Waals surface area contributed by atoms with E-state index >= 15 is 0 Å². The van der Waals surface area contributed by atoms with Crippen LogP contribution in [0.25, 0.3) is 0 Å². The van der Waals surface area contributed by atoms with E-state index in [0.717, 1.165) is 18.4 Å². The number of halogens is 1. The monoisotopic (exact) mass is 407 g/mol. The van der Waals surface area contributed by atoms with E-state index in [1.54, 1.807) is 48.5 Å². The molecule has 0 aliphatic heterocycles. The molecule has 1 amide bonds. The van der Waals surface area contributed by atoms with Gasteiger partial charge in [-0.25, -0.2) is 13.8 Å². The summed E-state index contributed by atoms with van der Waals surface area (Å²) in [6.45, 7) is 3.87. The van der Waals surface area contributed by atoms with Gasteiger partial charge in [0.15, 0.2) is 0 Å². The molecule has 2 rings (SSSR count). The molecule has 0 radical (unpaired) electrons. The number of carbonyl (C=O) groups is 1. The van der Waals surface area contributed by atoms with Crippen LogP contribution in [-0.4, -0.2) is 26.3 Å². The van der Waals surface area contributed by atoms with Crippen LogP contribution in [-0.2, 0) is 16.6 Å². The molecule has 1 N–H and O–H groups in total. The van der Waals surface area contributed by atoms with E-state index < -0.39 is 10.0 Å². The van der Waals surface area contributed by atoms with Crippen LogP contribution < -0.4 is 9.73 Å². The fourth-order valence-corrected chi connectivity index (χ4v) is 3.32. The Morgan fingerprint density at radius 2 is 1.78 bits per heavy atom. The molecule has 27 heavy (non-hydrogen) atoms. The van der Waals surface area contributed by atoms with Crippen LogP contribution >= 0.6 is 11.6 Å². The molecular weight excluding hydrogens is 386 g/mol. The van der Waals surface area contributed by atoms with Crippen molar-refractivity contribution < 1.29 is 13.2 Å². The molecule has 0 fully saturated rings. The van der Waals surface area contributed by atoms with E-state index in [1.807, 2.05) is 13.8 Å². The lowest BCUT2D eigenvalue weighted by molar-refractivity contribution is 0.0954. The summed E-state index contributed by atoms with van der Waals surface area (Å²) in [5.41, 5.74) is 4.81. The molecule has 0 heterocycles. The average molecular weight is 408 g/mol. The Morgan fingerprint density at radius 3 is 2.33 bits per heavy atom. The standard InChI is InChI=1S/C19H22ClN3O3S/c1-4-14(2)21-22-19(24)15-9-11-17(12-10-15)23(27(3,25)26)13-16-7-5-6-8-18(16)20/h5-12H,4,13H2,1-3H3,(H,22,24)/b21-14-. The highest BCUT2D eigenvalue weighted by Gasteiger charge is 2.19. The van der Waals surface area contributed by atoms with E-state index in [-0.39, 0.29) is 12.5 Å². The zero-order chi connectivity index (χ0) is 20.0. The van der Waals surface area contributed by atoms with Crippen molar-refractivity contribution in [3.63, 3.8) is 0 Å². The first-order chi connectivity index (χ1) is 12.7. The second kappa shape index (κ2) is 9.01. The molecule has 0 aromatic heterocycles. The first kappa shape index (κ1) is 20.9. The molecule has 0 atom stereocenters. The van der Waals surface area contributed by atoms with E-state index in [1.165, 1.54) is 4.31 Å². The lowest BCUT2D eigenvalue weighted by Crippen LogP contribution is -2.29. The van der Waals surface area contributed by atoms with Gasteiger partial charge in [-0.15, -0.1) is 0 Å². The summed E-state index contributed by atoms with van der Waals surface area (Å²) in [7, 11) is -3.54. The zero-order valence-corrected chi connectivity index (χ0v) is 17.0. The van der Waals surface area contributed by atoms with Gasteiger partial charge in [0.25, 0.3) is 5.91 Å². The minimum Gasteiger partial charge on any atom is -0.267 e. The van der Waals surface area contributed by atoms with Crippen molar-refractivity contribution in [2.75, 3.05) is 10.6 Å². The number of amides is 1. The Hall–Kier alpha value is -2.38. The van der Waals surface area contributed by atoms with Gasteiger partial charge in [-0.1, -0.05) is 36.7 Å². The third-order valence-corrected chi connectivity index (χ3v) is 5.46. The second-order valence-electron chi connectivity index (χ2n) is 6.05. The third-order valence-electron chi connectivity index (χ3n) is 3.95. The molecule has 0 bridgehead atoms. The summed E-state index contributed by atoms with van der Waals surface area (Å²) in [5.74, 6) is -0.355. The zero-order valence-electron chi connectivity index (χ0n) is 15.4. The summed E-state index contributed by atoms with van der Waals surface area (Å²) in [5, 5.41) is 4.47. The number of hydrazone groups is 1. The highest BCUT2D eigenvalue weighted by atomic mass is 35.5. The van der Waals surface area contributed by atoms with Crippen molar-refractivity contribution in [2.24, 2.45) is 5.10 Å². The summed E-state index contributed by atoms with van der Waals surface area (Å²) in [6.07, 6.45) is 1.87. The van der Waals surface area contributed by atoms with Crippen LogP contribution in [0.15, 0.2) is 53.6 Å². The maximum atomic E-state index is 12.3. The second-order valence-corrected chi connectivity index (χ2v) is 8.36. The van der Waals surface area contributed by atoms with Crippen molar-refractivity contribution in [3.8, 4) is 0 Å². The van der Waals surface area contributed by atoms with Gasteiger partial charge in [0.2, 0.25) is 10.0 Å². The van der Waals surface area contributed by atoms with E-state index in [2.05, 4.69) is 10.5 Å². The Labute approximate surface area is 164 Å². The van der Waals surface area contributed by atoms with E-state index in [4.69, 9.17) is 11.6 Å². The van der Waals surface area contributed by atoms with Gasteiger partial charge in [-0.2, -0.15) is 5.10 Å². The number of sulfonamides is 1. The van der Waals surface area contributed by atoms with Crippen molar-refractivity contribution in [3.05, 3.63) is 64.7 Å². The van der Waals surface area contributed by atoms with Gasteiger partial charge in [-0.3, -0.25) is 9.10 Å². The molecule has 6 nitrogen and oxygen atoms in total. The number of rotatable bonds is 7. The third kappa shape index (κ3) is 5.80. The lowest BCUT2D eigenvalue weighted by Gasteiger charge is -2.23. The van der Waals surface area contributed by atoms with E-state index in [0.29, 0.717) is 21.8 Å². The first-order valence-corrected chi connectivity index (χ1v) is 10.6. The van der Waals surface area contributed by atoms with Crippen LogP contribution in [0.3, 0.4) is 0 Å². The van der Waals surface area contributed by atoms with Gasteiger partial charge in [0, 0.05) is 16.3 Å². The number of nitrogens with one attached hydrogen (secondary N) is 1. The Kier molecular flexibility index (Phi) is 6.98. The predicted octanol–water partition coefficient (Wildman–Crippen LogP) is 3.82. The van der Waals surface area contributed by atoms with Crippen LogP contribution in [0, 0.1) is 0 Å². The maximum Gasteiger partial charge on any atom is 0.271 e. The Morgan fingerprint density at radius 1 is 1.15 bits per heavy atom. The van der Waals surface area contributed by atoms with Gasteiger partial charge < -0.3 is 0 Å². The molecule has 0 saturated heterocycles. The van der Waals surface area contributed by atoms with Gasteiger partial charge >= 0.3 is 0 Å². The molecule has 0 aliphatic rings. The van der Waals surface area contributed by atoms with Gasteiger partial charge in [0.1, 0.15) is 0 Å². The van der Waals surface area contributed by atoms with Gasteiger partial charge in [0.05, 0.1) is 18.5 Å². The number of benzene rings is 2. The molecule has 0 aliphatic carbocycles. The molecule has 8 heteroatoms. The topological polar surface area (TPSA) is 78.8 Å². The minimum absolute atomic E-state index is 0.101. The lowest BCUT2D eigenvalue weighted by atomic mass is 10.2. The molecular formula is C19H22ClN3O3S. The number of hydrogen-bond donors (Lipinski definition) is 1. The molecule has 0 unspecified atom stereocenters. The Bertz CT molecular complexity index is 941. The normalized spacial score (nSPS) is 11.9. The van der Waals surface area contributed by atoms with E-state index in [9.17, 15) is 13.2 Å². The van der Waals surface area contributed by atoms with Crippen molar-refractivity contribution >= 4 is 38.9 Å². The molecule has 2 aromatic carbocycles. The van der Waals surface area contributed by atoms with Crippen molar-refractivity contribution in [1.82, 2.24) is 5.43 Å². The predicted molar refractivity (Wildman–Crippen MR) is 110 cm³/mol. The fourth-order valence-electron chi connectivity index (χ4n) is 2.25. The highest BCUT2D eigenvalue weighted by molar-refractivity contribution is 7.92. The first-order valence-electron chi connectivity index (χ1n) is 8.37. The maximum absolute atomic E-state index is 12.3. The van der Waals surface area contributed by atoms with Crippen molar-refractivity contribution in [2.45, 2.75) is 26.8 Å². The minimum atomic E-state index is -3.54. The van der Waals surface area contributed by atoms with Crippen LogP contribution in [0.4, 0.5) is 5.69 Å². The number of anilines is 1. The van der Waals surface area contributed by atoms with Crippen LogP contribution in [0.5, 0.6) is 0 Å². The molecule has 0 saturated carbocycles. The van der Waals surface area contributed by atoms with Gasteiger partial charge in [-0.05, 0) is 49.2 Å². The van der Waals surface area contributed by atoms with Crippen LogP contribution in [0.1, 0.15) is 36.2 Å². The summed E-state index contributed by atoms with van der Waals surface area (Å²) in [6, 6.07) is 13.4. The summed E-state index contributed by atoms with van der Waals surface area (Å²) < 4.78 is 25.8. The Balaban J connectivity index is 2.25. The smallest absolute Gasteiger partial charge is 0.267 e. The average Bonchev–Trinajstić information content (AvgIpc) is 2.64. The number of nitrogens with zero attached hydrogens (tertiary/aromatic N) is 2. The quantitative estimate of drug-likeness (QED) is 0.559. The summed E-state index contributed by atoms with van der Waals surface area (Å²) in [4.78, 5) is 12.1. The molecule has 2 aromatic rings. The number of carbonyl (C=O) groups excluding carboxylic acids is 1. The summed E-state index contributed by atoms with van der Waals surface area (Å²) >= 11 is 6.16. The largest absolute Gasteiger partial charge is 0.271 e. The fraction of sp³-hybridized carbons (Fsp3) is 0.263. The highest BCUT2D eigenvalue weighted by Crippen LogP contribution is 2.24. The number of hydrogen-bond acceptors (Lipinski definition) is 4. The van der Waals surface area contributed by atoms with Crippen molar-refractivity contribution in [1.29, 1.82) is 0 Å². The molecule has 0 spiro atoms. The van der Waals surface area contributed by atoms with Crippen LogP contribution in [0.2, 0.25) is 5.02 Å². The molecule has 144 valence electrons. The SMILES string of the molecule is CC/C(C)=N\NC(=O)c1ccc(N(Cc2ccccc2Cl)S(C)(=O)=O)cc1.